The highest BCUT2D eigenvalue weighted by Gasteiger charge is 2.30. The van der Waals surface area contributed by atoms with E-state index in [-0.39, 0.29) is 12.4 Å². The third kappa shape index (κ3) is 4.03. The zero-order valence-corrected chi connectivity index (χ0v) is 17.1. The van der Waals surface area contributed by atoms with Gasteiger partial charge >= 0.3 is 6.18 Å². The predicted molar refractivity (Wildman–Crippen MR) is 119 cm³/mol. The molecule has 4 aromatic rings. The van der Waals surface area contributed by atoms with Crippen molar-refractivity contribution in [3.05, 3.63) is 83.9 Å². The van der Waals surface area contributed by atoms with Crippen molar-refractivity contribution in [2.45, 2.75) is 6.18 Å². The van der Waals surface area contributed by atoms with Crippen molar-refractivity contribution in [2.75, 3.05) is 13.1 Å². The van der Waals surface area contributed by atoms with Gasteiger partial charge in [-0.2, -0.15) is 13.2 Å². The summed E-state index contributed by atoms with van der Waals surface area (Å²) >= 11 is 0. The van der Waals surface area contributed by atoms with Crippen molar-refractivity contribution in [3.63, 3.8) is 0 Å². The molecule has 0 saturated carbocycles. The van der Waals surface area contributed by atoms with E-state index in [4.69, 9.17) is 4.42 Å². The number of nitrogens with zero attached hydrogens (tertiary/aromatic N) is 1. The van der Waals surface area contributed by atoms with Crippen LogP contribution in [-0.2, 0) is 6.18 Å². The van der Waals surface area contributed by atoms with Gasteiger partial charge in [0.25, 0.3) is 0 Å². The van der Waals surface area contributed by atoms with Crippen molar-refractivity contribution in [1.29, 1.82) is 0 Å². The molecule has 3 aromatic carbocycles. The Labute approximate surface area is 183 Å². The lowest BCUT2D eigenvalue weighted by molar-refractivity contribution is -0.137. The van der Waals surface area contributed by atoms with Crippen LogP contribution in [0.1, 0.15) is 11.1 Å². The summed E-state index contributed by atoms with van der Waals surface area (Å²) in [6, 6.07) is 20.7. The SMILES string of the molecule is Cl.FC(F)(F)c1ccc(-c2ccc3oc(-c4ccccc4C4=NCCN4)cc3c2)cc1. The second-order valence-electron chi connectivity index (χ2n) is 7.14. The number of halogens is 4. The van der Waals surface area contributed by atoms with Crippen LogP contribution in [-0.4, -0.2) is 18.9 Å². The molecule has 1 aliphatic rings. The summed E-state index contributed by atoms with van der Waals surface area (Å²) in [5, 5.41) is 4.18. The fourth-order valence-corrected chi connectivity index (χ4v) is 3.69. The molecule has 1 aliphatic heterocycles. The Kier molecular flexibility index (Phi) is 5.50. The third-order valence-electron chi connectivity index (χ3n) is 5.18. The Balaban J connectivity index is 0.00000231. The second kappa shape index (κ2) is 8.12. The van der Waals surface area contributed by atoms with Gasteiger partial charge in [-0.05, 0) is 41.5 Å². The molecule has 0 amide bonds. The number of aliphatic imine (C=N–C) groups is 1. The first kappa shape index (κ1) is 21.0. The van der Waals surface area contributed by atoms with Crippen LogP contribution in [0.4, 0.5) is 13.2 Å². The minimum atomic E-state index is -4.34. The van der Waals surface area contributed by atoms with Crippen LogP contribution in [0.3, 0.4) is 0 Å². The molecular weight excluding hydrogens is 425 g/mol. The number of hydrogen-bond acceptors (Lipinski definition) is 3. The molecule has 3 nitrogen and oxygen atoms in total. The lowest BCUT2D eigenvalue weighted by atomic mass is 10.0. The molecule has 1 N–H and O–H groups in total. The van der Waals surface area contributed by atoms with Gasteiger partial charge in [-0.15, -0.1) is 12.4 Å². The Morgan fingerprint density at radius 3 is 2.23 bits per heavy atom. The van der Waals surface area contributed by atoms with Crippen molar-refractivity contribution in [1.82, 2.24) is 5.32 Å². The van der Waals surface area contributed by atoms with Gasteiger partial charge in [0.1, 0.15) is 17.2 Å². The summed E-state index contributed by atoms with van der Waals surface area (Å²) in [5.74, 6) is 1.58. The number of furan rings is 1. The van der Waals surface area contributed by atoms with Crippen LogP contribution in [0.5, 0.6) is 0 Å². The number of alkyl halides is 3. The average molecular weight is 443 g/mol. The second-order valence-corrected chi connectivity index (χ2v) is 7.14. The lowest BCUT2D eigenvalue weighted by Crippen LogP contribution is -2.20. The highest BCUT2D eigenvalue weighted by molar-refractivity contribution is 6.05. The van der Waals surface area contributed by atoms with E-state index in [0.717, 1.165) is 70.0 Å². The summed E-state index contributed by atoms with van der Waals surface area (Å²) in [5.41, 5.74) is 3.54. The molecule has 2 heterocycles. The summed E-state index contributed by atoms with van der Waals surface area (Å²) in [4.78, 5) is 4.51. The molecule has 0 atom stereocenters. The van der Waals surface area contributed by atoms with Gasteiger partial charge < -0.3 is 9.73 Å². The van der Waals surface area contributed by atoms with E-state index < -0.39 is 11.7 Å². The van der Waals surface area contributed by atoms with Crippen LogP contribution >= 0.6 is 12.4 Å². The van der Waals surface area contributed by atoms with Gasteiger partial charge in [-0.25, -0.2) is 0 Å². The number of nitrogens with one attached hydrogen (secondary N) is 1. The molecule has 5 rings (SSSR count). The van der Waals surface area contributed by atoms with E-state index in [2.05, 4.69) is 10.3 Å². The van der Waals surface area contributed by atoms with E-state index >= 15 is 0 Å². The van der Waals surface area contributed by atoms with Crippen molar-refractivity contribution in [2.24, 2.45) is 4.99 Å². The van der Waals surface area contributed by atoms with Gasteiger partial charge in [-0.1, -0.05) is 42.5 Å². The zero-order chi connectivity index (χ0) is 20.7. The molecule has 1 aromatic heterocycles. The monoisotopic (exact) mass is 442 g/mol. The average Bonchev–Trinajstić information content (AvgIpc) is 3.42. The largest absolute Gasteiger partial charge is 0.456 e. The standard InChI is InChI=1S/C24H17F3N2O.ClH/c25-24(26,27)18-8-5-15(6-9-18)16-7-10-21-17(13-16)14-22(30-21)19-3-1-2-4-20(19)23-28-11-12-29-23;/h1-10,13-14H,11-12H2,(H,28,29);1H. The molecule has 0 saturated heterocycles. The normalized spacial score (nSPS) is 13.6. The van der Waals surface area contributed by atoms with Crippen LogP contribution < -0.4 is 5.32 Å². The summed E-state index contributed by atoms with van der Waals surface area (Å²) in [7, 11) is 0. The first-order valence-electron chi connectivity index (χ1n) is 9.58. The smallest absolute Gasteiger partial charge is 0.416 e. The maximum Gasteiger partial charge on any atom is 0.416 e. The minimum absolute atomic E-state index is 0. The number of hydrogen-bond donors (Lipinski definition) is 1. The van der Waals surface area contributed by atoms with E-state index in [1.165, 1.54) is 12.1 Å². The first-order chi connectivity index (χ1) is 14.5. The Morgan fingerprint density at radius 1 is 0.839 bits per heavy atom. The van der Waals surface area contributed by atoms with Gasteiger partial charge in [0.15, 0.2) is 0 Å². The Morgan fingerprint density at radius 2 is 1.55 bits per heavy atom. The number of amidine groups is 1. The van der Waals surface area contributed by atoms with Crippen LogP contribution in [0.15, 0.2) is 82.2 Å². The number of rotatable bonds is 3. The number of fused-ring (bicyclic) bond motifs is 1. The van der Waals surface area contributed by atoms with Crippen molar-refractivity contribution >= 4 is 29.2 Å². The Bertz CT molecular complexity index is 1260. The van der Waals surface area contributed by atoms with Gasteiger partial charge in [-0.3, -0.25) is 4.99 Å². The summed E-state index contributed by atoms with van der Waals surface area (Å²) < 4.78 is 44.5. The third-order valence-corrected chi connectivity index (χ3v) is 5.18. The predicted octanol–water partition coefficient (Wildman–Crippen LogP) is 6.56. The van der Waals surface area contributed by atoms with E-state index in [1.807, 2.05) is 48.5 Å². The molecule has 0 unspecified atom stereocenters. The van der Waals surface area contributed by atoms with Crippen LogP contribution in [0.25, 0.3) is 33.4 Å². The van der Waals surface area contributed by atoms with E-state index in [9.17, 15) is 13.2 Å². The first-order valence-corrected chi connectivity index (χ1v) is 9.58. The maximum absolute atomic E-state index is 12.8. The molecule has 31 heavy (non-hydrogen) atoms. The highest BCUT2D eigenvalue weighted by Crippen LogP contribution is 2.34. The molecule has 0 aliphatic carbocycles. The molecule has 0 fully saturated rings. The summed E-state index contributed by atoms with van der Waals surface area (Å²) in [6.07, 6.45) is -4.34. The molecule has 0 bridgehead atoms. The van der Waals surface area contributed by atoms with Crippen molar-refractivity contribution in [3.8, 4) is 22.5 Å². The van der Waals surface area contributed by atoms with Crippen LogP contribution in [0.2, 0.25) is 0 Å². The highest BCUT2D eigenvalue weighted by atomic mass is 35.5. The van der Waals surface area contributed by atoms with E-state index in [0.29, 0.717) is 0 Å². The summed E-state index contributed by atoms with van der Waals surface area (Å²) in [6.45, 7) is 1.57. The fourth-order valence-electron chi connectivity index (χ4n) is 3.69. The van der Waals surface area contributed by atoms with Gasteiger partial charge in [0.2, 0.25) is 0 Å². The number of benzene rings is 3. The van der Waals surface area contributed by atoms with Gasteiger partial charge in [0.05, 0.1) is 12.1 Å². The fraction of sp³-hybridized carbons (Fsp3) is 0.125. The van der Waals surface area contributed by atoms with Crippen molar-refractivity contribution < 1.29 is 17.6 Å². The minimum Gasteiger partial charge on any atom is -0.456 e. The molecule has 0 radical (unpaired) electrons. The quantitative estimate of drug-likeness (QED) is 0.390. The molecule has 0 spiro atoms. The van der Waals surface area contributed by atoms with E-state index in [1.54, 1.807) is 0 Å². The lowest BCUT2D eigenvalue weighted by Gasteiger charge is -2.07. The zero-order valence-electron chi connectivity index (χ0n) is 16.2. The molecular formula is C24H18ClF3N2O. The molecule has 7 heteroatoms. The Hall–Kier alpha value is -3.25. The topological polar surface area (TPSA) is 37.5 Å². The molecule has 158 valence electrons. The van der Waals surface area contributed by atoms with Gasteiger partial charge in [0, 0.05) is 23.1 Å². The van der Waals surface area contributed by atoms with Crippen LogP contribution in [0, 0.1) is 0 Å². The maximum atomic E-state index is 12.8.